The molecule has 4 rings (SSSR count). The van der Waals surface area contributed by atoms with Gasteiger partial charge in [-0.15, -0.1) is 0 Å². The molecule has 3 aromatic carbocycles. The highest BCUT2D eigenvalue weighted by Gasteiger charge is 2.22. The monoisotopic (exact) mass is 418 g/mol. The molecule has 0 bridgehead atoms. The van der Waals surface area contributed by atoms with Crippen molar-refractivity contribution in [1.29, 1.82) is 0 Å². The highest BCUT2D eigenvalue weighted by molar-refractivity contribution is 5.57. The van der Waals surface area contributed by atoms with Gasteiger partial charge in [0.1, 0.15) is 11.9 Å². The lowest BCUT2D eigenvalue weighted by atomic mass is 10.0. The van der Waals surface area contributed by atoms with Crippen molar-refractivity contribution in [2.45, 2.75) is 12.2 Å². The molecule has 0 radical (unpaired) electrons. The number of anilines is 1. The molecule has 0 aromatic heterocycles. The molecule has 1 aliphatic heterocycles. The summed E-state index contributed by atoms with van der Waals surface area (Å²) in [7, 11) is 0. The summed E-state index contributed by atoms with van der Waals surface area (Å²) in [6, 6.07) is 27.7. The Hall–Kier alpha value is -2.86. The van der Waals surface area contributed by atoms with E-state index in [2.05, 4.69) is 34.1 Å². The van der Waals surface area contributed by atoms with E-state index in [1.165, 1.54) is 0 Å². The van der Waals surface area contributed by atoms with Crippen LogP contribution in [0.15, 0.2) is 84.9 Å². The third-order valence-corrected chi connectivity index (χ3v) is 5.72. The maximum Gasteiger partial charge on any atom is 0.138 e. The molecule has 0 spiro atoms. The number of benzene rings is 3. The Morgan fingerprint density at radius 2 is 1.29 bits per heavy atom. The fourth-order valence-electron chi connectivity index (χ4n) is 4.10. The smallest absolute Gasteiger partial charge is 0.138 e. The zero-order valence-corrected chi connectivity index (χ0v) is 17.7. The lowest BCUT2D eigenvalue weighted by Crippen LogP contribution is -2.49. The van der Waals surface area contributed by atoms with Gasteiger partial charge in [-0.05, 0) is 23.3 Å². The standard InChI is InChI=1S/C26H30N2O3/c29-23(19-27-15-17-28(18-16-27)24-13-7-8-14-25(24)30)20-31-26(21-9-3-1-4-10-21)22-11-5-2-6-12-22/h1-14,23,26,29-30H,15-20H2/t23-/m0/s1. The third kappa shape index (κ3) is 5.64. The van der Waals surface area contributed by atoms with E-state index >= 15 is 0 Å². The minimum Gasteiger partial charge on any atom is -0.506 e. The number of piperazine rings is 1. The number of phenols is 1. The first-order valence-corrected chi connectivity index (χ1v) is 10.9. The zero-order valence-electron chi connectivity index (χ0n) is 17.7. The lowest BCUT2D eigenvalue weighted by molar-refractivity contribution is -0.00894. The van der Waals surface area contributed by atoms with E-state index in [1.807, 2.05) is 54.6 Å². The lowest BCUT2D eigenvalue weighted by Gasteiger charge is -2.37. The van der Waals surface area contributed by atoms with Gasteiger partial charge in [-0.1, -0.05) is 72.8 Å². The SMILES string of the molecule is Oc1ccccc1N1CCN(C[C@H](O)COC(c2ccccc2)c2ccccc2)CC1. The minimum atomic E-state index is -0.563. The number of rotatable bonds is 8. The van der Waals surface area contributed by atoms with Crippen LogP contribution in [-0.4, -0.2) is 60.5 Å². The van der Waals surface area contributed by atoms with E-state index in [-0.39, 0.29) is 12.7 Å². The van der Waals surface area contributed by atoms with E-state index < -0.39 is 6.10 Å². The van der Waals surface area contributed by atoms with E-state index in [9.17, 15) is 10.2 Å². The molecule has 5 heteroatoms. The van der Waals surface area contributed by atoms with Crippen LogP contribution in [0.1, 0.15) is 17.2 Å². The molecule has 0 amide bonds. The molecule has 5 nitrogen and oxygen atoms in total. The number of aliphatic hydroxyl groups excluding tert-OH is 1. The number of para-hydroxylation sites is 2. The van der Waals surface area contributed by atoms with Crippen LogP contribution in [-0.2, 0) is 4.74 Å². The molecule has 2 N–H and O–H groups in total. The van der Waals surface area contributed by atoms with E-state index in [0.29, 0.717) is 12.3 Å². The number of nitrogens with zero attached hydrogens (tertiary/aromatic N) is 2. The predicted molar refractivity (Wildman–Crippen MR) is 123 cm³/mol. The molecular formula is C26H30N2O3. The van der Waals surface area contributed by atoms with Gasteiger partial charge in [-0.2, -0.15) is 0 Å². The van der Waals surface area contributed by atoms with Crippen LogP contribution in [0.4, 0.5) is 5.69 Å². The van der Waals surface area contributed by atoms with E-state index in [4.69, 9.17) is 4.74 Å². The maximum absolute atomic E-state index is 10.7. The van der Waals surface area contributed by atoms with Crippen molar-refractivity contribution >= 4 is 5.69 Å². The molecule has 1 heterocycles. The average molecular weight is 419 g/mol. The Morgan fingerprint density at radius 3 is 1.87 bits per heavy atom. The Morgan fingerprint density at radius 1 is 0.742 bits per heavy atom. The summed E-state index contributed by atoms with van der Waals surface area (Å²) < 4.78 is 6.20. The summed E-state index contributed by atoms with van der Waals surface area (Å²) in [6.45, 7) is 4.17. The largest absolute Gasteiger partial charge is 0.506 e. The summed E-state index contributed by atoms with van der Waals surface area (Å²) >= 11 is 0. The van der Waals surface area contributed by atoms with Crippen LogP contribution in [0.3, 0.4) is 0 Å². The molecule has 0 unspecified atom stereocenters. The van der Waals surface area contributed by atoms with E-state index in [1.54, 1.807) is 6.07 Å². The van der Waals surface area contributed by atoms with Crippen LogP contribution < -0.4 is 4.90 Å². The van der Waals surface area contributed by atoms with Crippen molar-refractivity contribution in [2.24, 2.45) is 0 Å². The Bertz CT molecular complexity index is 888. The van der Waals surface area contributed by atoms with Crippen LogP contribution in [0.25, 0.3) is 0 Å². The van der Waals surface area contributed by atoms with Crippen molar-refractivity contribution in [3.05, 3.63) is 96.1 Å². The molecule has 0 saturated carbocycles. The Labute approximate surface area is 184 Å². The average Bonchev–Trinajstić information content (AvgIpc) is 2.82. The molecule has 3 aromatic rings. The fraction of sp³-hybridized carbons (Fsp3) is 0.308. The topological polar surface area (TPSA) is 56.2 Å². The summed E-state index contributed by atoms with van der Waals surface area (Å²) in [6.07, 6.45) is -0.762. The van der Waals surface area contributed by atoms with Gasteiger partial charge in [0.25, 0.3) is 0 Å². The molecule has 31 heavy (non-hydrogen) atoms. The molecule has 1 saturated heterocycles. The molecule has 162 valence electrons. The number of β-amino-alcohol motifs (C(OH)–C–C–N with tert-alkyl or cyclic N) is 1. The molecule has 1 atom stereocenters. The normalized spacial score (nSPS) is 15.9. The Balaban J connectivity index is 1.30. The Kier molecular flexibility index (Phi) is 7.20. The van der Waals surface area contributed by atoms with E-state index in [0.717, 1.165) is 43.0 Å². The van der Waals surface area contributed by atoms with Gasteiger partial charge < -0.3 is 19.8 Å². The van der Waals surface area contributed by atoms with Crippen LogP contribution in [0.2, 0.25) is 0 Å². The second kappa shape index (κ2) is 10.4. The number of phenolic OH excluding ortho intramolecular Hbond substituents is 1. The second-order valence-electron chi connectivity index (χ2n) is 7.96. The van der Waals surface area contributed by atoms with Gasteiger partial charge in [-0.25, -0.2) is 0 Å². The maximum atomic E-state index is 10.7. The first-order chi connectivity index (χ1) is 15.2. The molecule has 1 aliphatic rings. The number of hydrogen-bond acceptors (Lipinski definition) is 5. The molecular weight excluding hydrogens is 388 g/mol. The van der Waals surface area contributed by atoms with Gasteiger partial charge in [0.05, 0.1) is 18.4 Å². The number of ether oxygens (including phenoxy) is 1. The summed E-state index contributed by atoms with van der Waals surface area (Å²) in [4.78, 5) is 4.44. The quantitative estimate of drug-likeness (QED) is 0.585. The van der Waals surface area contributed by atoms with Gasteiger partial charge in [0.2, 0.25) is 0 Å². The van der Waals surface area contributed by atoms with Crippen LogP contribution in [0.5, 0.6) is 5.75 Å². The number of aromatic hydroxyl groups is 1. The van der Waals surface area contributed by atoms with Crippen molar-refractivity contribution < 1.29 is 14.9 Å². The van der Waals surface area contributed by atoms with Crippen molar-refractivity contribution in [2.75, 3.05) is 44.2 Å². The molecule has 0 aliphatic carbocycles. The van der Waals surface area contributed by atoms with Gasteiger partial charge >= 0.3 is 0 Å². The predicted octanol–water partition coefficient (Wildman–Crippen LogP) is 3.68. The van der Waals surface area contributed by atoms with Crippen LogP contribution in [0, 0.1) is 0 Å². The molecule has 1 fully saturated rings. The van der Waals surface area contributed by atoms with Crippen molar-refractivity contribution in [1.82, 2.24) is 4.90 Å². The summed E-state index contributed by atoms with van der Waals surface area (Å²) in [5.74, 6) is 0.317. The highest BCUT2D eigenvalue weighted by Crippen LogP contribution is 2.28. The van der Waals surface area contributed by atoms with Gasteiger partial charge in [0.15, 0.2) is 0 Å². The fourth-order valence-corrected chi connectivity index (χ4v) is 4.10. The first-order valence-electron chi connectivity index (χ1n) is 10.9. The third-order valence-electron chi connectivity index (χ3n) is 5.72. The first kappa shape index (κ1) is 21.4. The highest BCUT2D eigenvalue weighted by atomic mass is 16.5. The van der Waals surface area contributed by atoms with Crippen molar-refractivity contribution in [3.63, 3.8) is 0 Å². The van der Waals surface area contributed by atoms with Crippen LogP contribution >= 0.6 is 0 Å². The van der Waals surface area contributed by atoms with Crippen molar-refractivity contribution in [3.8, 4) is 5.75 Å². The van der Waals surface area contributed by atoms with Gasteiger partial charge in [-0.3, -0.25) is 4.90 Å². The van der Waals surface area contributed by atoms with Gasteiger partial charge in [0, 0.05) is 32.7 Å². The number of hydrogen-bond donors (Lipinski definition) is 2. The summed E-state index contributed by atoms with van der Waals surface area (Å²) in [5, 5.41) is 20.7. The minimum absolute atomic E-state index is 0.199. The summed E-state index contributed by atoms with van der Waals surface area (Å²) in [5.41, 5.74) is 3.04. The zero-order chi connectivity index (χ0) is 21.5. The second-order valence-corrected chi connectivity index (χ2v) is 7.96. The number of aliphatic hydroxyl groups is 1.